The van der Waals surface area contributed by atoms with Gasteiger partial charge in [-0.15, -0.1) is 0 Å². The molecule has 0 aromatic heterocycles. The summed E-state index contributed by atoms with van der Waals surface area (Å²) in [5, 5.41) is 10.6. The number of amidine groups is 1. The highest BCUT2D eigenvalue weighted by Crippen LogP contribution is 1.85. The molecule has 0 heterocycles. The van der Waals surface area contributed by atoms with Crippen molar-refractivity contribution in [3.8, 4) is 0 Å². The molecule has 0 aliphatic rings. The van der Waals surface area contributed by atoms with E-state index in [0.717, 1.165) is 0 Å². The highest BCUT2D eigenvalue weighted by atomic mass is 16.4. The third-order valence-electron chi connectivity index (χ3n) is 0.537. The number of hydrogen-bond acceptors (Lipinski definition) is 3. The Morgan fingerprint density at radius 2 is 2.12 bits per heavy atom. The second kappa shape index (κ2) is 2.90. The summed E-state index contributed by atoms with van der Waals surface area (Å²) in [4.78, 5) is 0. The molecular formula is C4H9N3O. The van der Waals surface area contributed by atoms with E-state index in [-0.39, 0.29) is 12.3 Å². The predicted molar refractivity (Wildman–Crippen MR) is 31.4 cm³/mol. The van der Waals surface area contributed by atoms with Crippen LogP contribution in [0.4, 0.5) is 0 Å². The Morgan fingerprint density at radius 3 is 2.25 bits per heavy atom. The fourth-order valence-corrected chi connectivity index (χ4v) is 0.268. The number of nitrogens with two attached hydrogens (primary N) is 2. The van der Waals surface area contributed by atoms with Gasteiger partial charge in [0.25, 0.3) is 0 Å². The van der Waals surface area contributed by atoms with Gasteiger partial charge in [-0.25, -0.2) is 0 Å². The molecule has 0 radical (unpaired) electrons. The van der Waals surface area contributed by atoms with Crippen molar-refractivity contribution in [2.24, 2.45) is 16.6 Å². The minimum Gasteiger partial charge on any atom is -0.409 e. The fraction of sp³-hybridized carbons (Fsp3) is 0.250. The van der Waals surface area contributed by atoms with Crippen LogP contribution in [0.15, 0.2) is 17.4 Å². The van der Waals surface area contributed by atoms with Gasteiger partial charge in [0.2, 0.25) is 0 Å². The van der Waals surface area contributed by atoms with Gasteiger partial charge in [0.1, 0.15) is 5.84 Å². The maximum atomic E-state index is 7.95. The summed E-state index contributed by atoms with van der Waals surface area (Å²) in [6, 6.07) is 0. The van der Waals surface area contributed by atoms with Gasteiger partial charge in [-0.05, 0) is 0 Å². The molecule has 0 unspecified atom stereocenters. The molecule has 0 saturated carbocycles. The van der Waals surface area contributed by atoms with Crippen LogP contribution in [0.3, 0.4) is 0 Å². The maximum absolute atomic E-state index is 7.95. The number of oxime groups is 1. The van der Waals surface area contributed by atoms with Gasteiger partial charge < -0.3 is 16.7 Å². The normalized spacial score (nSPS) is 11.2. The van der Waals surface area contributed by atoms with Gasteiger partial charge in [-0.2, -0.15) is 0 Å². The Labute approximate surface area is 47.5 Å². The Kier molecular flexibility index (Phi) is 2.47. The Hall–Kier alpha value is -1.19. The lowest BCUT2D eigenvalue weighted by atomic mass is 10.3. The lowest BCUT2D eigenvalue weighted by Gasteiger charge is -1.93. The van der Waals surface area contributed by atoms with Crippen LogP contribution >= 0.6 is 0 Å². The van der Waals surface area contributed by atoms with Crippen LogP contribution in [0.1, 0.15) is 6.42 Å². The lowest BCUT2D eigenvalue weighted by Crippen LogP contribution is -2.14. The SMILES string of the molecule is C=C(N)C/C(N)=N\O. The molecule has 0 atom stereocenters. The van der Waals surface area contributed by atoms with E-state index in [0.29, 0.717) is 5.70 Å². The van der Waals surface area contributed by atoms with Gasteiger partial charge in [-0.3, -0.25) is 0 Å². The van der Waals surface area contributed by atoms with Crippen molar-refractivity contribution in [1.82, 2.24) is 0 Å². The minimum atomic E-state index is 0.0810. The van der Waals surface area contributed by atoms with E-state index < -0.39 is 0 Å². The molecule has 0 amide bonds. The lowest BCUT2D eigenvalue weighted by molar-refractivity contribution is 0.317. The summed E-state index contributed by atoms with van der Waals surface area (Å²) >= 11 is 0. The molecule has 0 aliphatic heterocycles. The molecule has 4 heteroatoms. The van der Waals surface area contributed by atoms with Crippen LogP contribution in [0.25, 0.3) is 0 Å². The first-order valence-electron chi connectivity index (χ1n) is 2.06. The molecule has 0 bridgehead atoms. The van der Waals surface area contributed by atoms with Crippen molar-refractivity contribution in [1.29, 1.82) is 0 Å². The summed E-state index contributed by atoms with van der Waals surface area (Å²) in [6.45, 7) is 3.35. The molecule has 5 N–H and O–H groups in total. The van der Waals surface area contributed by atoms with E-state index in [1.165, 1.54) is 0 Å². The highest BCUT2D eigenvalue weighted by molar-refractivity contribution is 5.81. The van der Waals surface area contributed by atoms with Gasteiger partial charge in [0.05, 0.1) is 0 Å². The van der Waals surface area contributed by atoms with Crippen molar-refractivity contribution in [2.45, 2.75) is 6.42 Å². The van der Waals surface area contributed by atoms with Crippen LogP contribution in [0.2, 0.25) is 0 Å². The van der Waals surface area contributed by atoms with E-state index in [1.807, 2.05) is 0 Å². The molecule has 0 rings (SSSR count). The highest BCUT2D eigenvalue weighted by Gasteiger charge is 1.90. The molecule has 8 heavy (non-hydrogen) atoms. The van der Waals surface area contributed by atoms with Crippen molar-refractivity contribution in [3.05, 3.63) is 12.3 Å². The van der Waals surface area contributed by atoms with E-state index in [2.05, 4.69) is 11.7 Å². The molecule has 0 saturated heterocycles. The molecular weight excluding hydrogens is 106 g/mol. The number of nitrogens with zero attached hydrogens (tertiary/aromatic N) is 1. The van der Waals surface area contributed by atoms with Crippen molar-refractivity contribution >= 4 is 5.84 Å². The zero-order chi connectivity index (χ0) is 6.57. The summed E-state index contributed by atoms with van der Waals surface area (Å²) < 4.78 is 0. The molecule has 0 fully saturated rings. The standard InChI is InChI=1S/C4H9N3O/c1-3(5)2-4(6)7-8/h8H,1-2,5H2,(H2,6,7). The zero-order valence-corrected chi connectivity index (χ0v) is 4.46. The van der Waals surface area contributed by atoms with Crippen LogP contribution in [-0.2, 0) is 0 Å². The van der Waals surface area contributed by atoms with E-state index >= 15 is 0 Å². The summed E-state index contributed by atoms with van der Waals surface area (Å²) in [5.41, 5.74) is 10.5. The van der Waals surface area contributed by atoms with Crippen LogP contribution in [-0.4, -0.2) is 11.0 Å². The third kappa shape index (κ3) is 3.02. The topological polar surface area (TPSA) is 84.6 Å². The second-order valence-electron chi connectivity index (χ2n) is 1.43. The summed E-state index contributed by atoms with van der Waals surface area (Å²) in [5.74, 6) is 0.0810. The smallest absolute Gasteiger partial charge is 0.145 e. The largest absolute Gasteiger partial charge is 0.409 e. The summed E-state index contributed by atoms with van der Waals surface area (Å²) in [7, 11) is 0. The summed E-state index contributed by atoms with van der Waals surface area (Å²) in [6.07, 6.45) is 0.247. The van der Waals surface area contributed by atoms with E-state index in [4.69, 9.17) is 16.7 Å². The minimum absolute atomic E-state index is 0.0810. The molecule has 46 valence electrons. The first-order valence-corrected chi connectivity index (χ1v) is 2.06. The molecule has 0 aromatic rings. The fourth-order valence-electron chi connectivity index (χ4n) is 0.268. The number of hydrogen-bond donors (Lipinski definition) is 3. The average Bonchev–Trinajstić information content (AvgIpc) is 1.65. The van der Waals surface area contributed by atoms with Gasteiger partial charge >= 0.3 is 0 Å². The Morgan fingerprint density at radius 1 is 1.62 bits per heavy atom. The molecule has 0 aliphatic carbocycles. The quantitative estimate of drug-likeness (QED) is 0.198. The zero-order valence-electron chi connectivity index (χ0n) is 4.46. The van der Waals surface area contributed by atoms with Gasteiger partial charge in [0, 0.05) is 12.1 Å². The van der Waals surface area contributed by atoms with Gasteiger partial charge in [0.15, 0.2) is 0 Å². The Bertz CT molecular complexity index is 118. The van der Waals surface area contributed by atoms with Crippen LogP contribution in [0.5, 0.6) is 0 Å². The molecule has 0 aromatic carbocycles. The monoisotopic (exact) mass is 115 g/mol. The van der Waals surface area contributed by atoms with E-state index in [1.54, 1.807) is 0 Å². The first kappa shape index (κ1) is 6.81. The predicted octanol–water partition coefficient (Wildman–Crippen LogP) is -0.405. The maximum Gasteiger partial charge on any atom is 0.145 e. The second-order valence-corrected chi connectivity index (χ2v) is 1.43. The average molecular weight is 115 g/mol. The van der Waals surface area contributed by atoms with Crippen molar-refractivity contribution in [3.63, 3.8) is 0 Å². The van der Waals surface area contributed by atoms with Crippen molar-refractivity contribution < 1.29 is 5.21 Å². The van der Waals surface area contributed by atoms with Gasteiger partial charge in [-0.1, -0.05) is 11.7 Å². The Balaban J connectivity index is 3.56. The first-order chi connectivity index (χ1) is 3.66. The molecule has 4 nitrogen and oxygen atoms in total. The number of rotatable bonds is 2. The third-order valence-corrected chi connectivity index (χ3v) is 0.537. The van der Waals surface area contributed by atoms with E-state index in [9.17, 15) is 0 Å². The van der Waals surface area contributed by atoms with Crippen LogP contribution < -0.4 is 11.5 Å². The van der Waals surface area contributed by atoms with Crippen LogP contribution in [0, 0.1) is 0 Å². The molecule has 0 spiro atoms. The van der Waals surface area contributed by atoms with Crippen molar-refractivity contribution in [2.75, 3.05) is 0 Å².